The standard InChI is InChI=1S/C15H20N2O4SSi/c1-2-4-14-13(3-1)16-15(21-14)22-11-12-23-17(5-8-18-23,6-9-19-23)7-10-20-23/h1-4H,5-12H2. The number of quaternary nitrogens is 1. The van der Waals surface area contributed by atoms with Crippen LogP contribution in [0.15, 0.2) is 33.9 Å². The zero-order valence-corrected chi connectivity index (χ0v) is 14.7. The van der Waals surface area contributed by atoms with Crippen LogP contribution in [0, 0.1) is 0 Å². The summed E-state index contributed by atoms with van der Waals surface area (Å²) in [6.45, 7) is 5.42. The van der Waals surface area contributed by atoms with Crippen LogP contribution in [0.4, 0.5) is 0 Å². The van der Waals surface area contributed by atoms with Gasteiger partial charge in [0.05, 0.1) is 0 Å². The molecule has 3 aliphatic rings. The monoisotopic (exact) mass is 352 g/mol. The summed E-state index contributed by atoms with van der Waals surface area (Å²) in [7, 11) is -3.26. The SMILES string of the molecule is c1ccc2oc(SCC[Si-]345OCC[N+]3(CCO4)CCO5)nc2c1. The second-order valence-electron chi connectivity index (χ2n) is 6.52. The molecule has 0 N–H and O–H groups in total. The van der Waals surface area contributed by atoms with E-state index in [9.17, 15) is 0 Å². The molecule has 0 bridgehead atoms. The zero-order valence-electron chi connectivity index (χ0n) is 12.9. The molecule has 2 aromatic rings. The summed E-state index contributed by atoms with van der Waals surface area (Å²) in [5.74, 6) is 0.848. The summed E-state index contributed by atoms with van der Waals surface area (Å²) in [6.07, 6.45) is 0. The summed E-state index contributed by atoms with van der Waals surface area (Å²) in [5.41, 5.74) is 1.74. The van der Waals surface area contributed by atoms with Crippen molar-refractivity contribution in [2.24, 2.45) is 0 Å². The summed E-state index contributed by atoms with van der Waals surface area (Å²) in [5, 5.41) is 0.711. The van der Waals surface area contributed by atoms with Crippen molar-refractivity contribution in [1.29, 1.82) is 0 Å². The van der Waals surface area contributed by atoms with E-state index in [4.69, 9.17) is 17.7 Å². The molecule has 1 aromatic heterocycles. The summed E-state index contributed by atoms with van der Waals surface area (Å²) in [6, 6.07) is 8.69. The molecule has 0 atom stereocenters. The van der Waals surface area contributed by atoms with E-state index < -0.39 is 8.24 Å². The molecule has 1 aromatic carbocycles. The van der Waals surface area contributed by atoms with Crippen LogP contribution in [0.2, 0.25) is 6.04 Å². The van der Waals surface area contributed by atoms with Gasteiger partial charge in [-0.2, -0.15) is 0 Å². The maximum absolute atomic E-state index is 6.28. The zero-order chi connectivity index (χ0) is 15.4. The van der Waals surface area contributed by atoms with E-state index in [1.165, 1.54) is 0 Å². The van der Waals surface area contributed by atoms with Gasteiger partial charge in [-0.25, -0.2) is 0 Å². The Labute approximate surface area is 139 Å². The first kappa shape index (κ1) is 14.4. The Hall–Kier alpha value is -0.903. The summed E-state index contributed by atoms with van der Waals surface area (Å²) >= 11 is 1.63. The van der Waals surface area contributed by atoms with Crippen molar-refractivity contribution >= 4 is 31.1 Å². The molecule has 0 radical (unpaired) electrons. The normalized spacial score (nSPS) is 32.4. The third-order valence-electron chi connectivity index (χ3n) is 5.65. The predicted octanol–water partition coefficient (Wildman–Crippen LogP) is 2.22. The van der Waals surface area contributed by atoms with Gasteiger partial charge in [-0.15, -0.1) is 0 Å². The Morgan fingerprint density at radius 3 is 2.43 bits per heavy atom. The van der Waals surface area contributed by atoms with Gasteiger partial charge in [0.15, 0.2) is 0 Å². The topological polar surface area (TPSA) is 53.7 Å². The number of fused-ring (bicyclic) bond motifs is 1. The molecular weight excluding hydrogens is 332 g/mol. The van der Waals surface area contributed by atoms with Crippen molar-refractivity contribution < 1.29 is 21.8 Å². The van der Waals surface area contributed by atoms with E-state index in [0.29, 0.717) is 5.22 Å². The van der Waals surface area contributed by atoms with E-state index in [1.807, 2.05) is 24.3 Å². The van der Waals surface area contributed by atoms with Crippen LogP contribution in [0.5, 0.6) is 0 Å². The summed E-state index contributed by atoms with van der Waals surface area (Å²) in [4.78, 5) is 4.53. The third kappa shape index (κ3) is 1.82. The molecular formula is C15H20N2O4SSi. The van der Waals surface area contributed by atoms with E-state index in [1.54, 1.807) is 11.8 Å². The quantitative estimate of drug-likeness (QED) is 0.621. The van der Waals surface area contributed by atoms with Gasteiger partial charge in [-0.05, 0) is 0 Å². The Morgan fingerprint density at radius 1 is 1.04 bits per heavy atom. The van der Waals surface area contributed by atoms with Crippen LogP contribution < -0.4 is 0 Å². The molecule has 8 heteroatoms. The van der Waals surface area contributed by atoms with E-state index in [0.717, 1.165) is 66.5 Å². The van der Waals surface area contributed by atoms with Gasteiger partial charge in [-0.3, -0.25) is 0 Å². The maximum atomic E-state index is 6.28. The first-order valence-electron chi connectivity index (χ1n) is 8.18. The number of hydrogen-bond donors (Lipinski definition) is 0. The molecule has 124 valence electrons. The minimum absolute atomic E-state index is 0.711. The molecule has 3 saturated heterocycles. The fraction of sp³-hybridized carbons (Fsp3) is 0.533. The molecule has 3 fully saturated rings. The molecule has 0 aliphatic carbocycles. The van der Waals surface area contributed by atoms with Gasteiger partial charge in [0.25, 0.3) is 0 Å². The van der Waals surface area contributed by atoms with Crippen molar-refractivity contribution in [2.75, 3.05) is 45.2 Å². The average Bonchev–Trinajstić information content (AvgIpc) is 3.19. The first-order valence-corrected chi connectivity index (χ1v) is 11.5. The number of aromatic nitrogens is 1. The van der Waals surface area contributed by atoms with Crippen LogP contribution in [-0.4, -0.2) is 62.6 Å². The van der Waals surface area contributed by atoms with Gasteiger partial charge >= 0.3 is 139 Å². The van der Waals surface area contributed by atoms with Gasteiger partial charge in [0.2, 0.25) is 0 Å². The van der Waals surface area contributed by atoms with E-state index in [2.05, 4.69) is 4.98 Å². The van der Waals surface area contributed by atoms with Crippen molar-refractivity contribution in [3.63, 3.8) is 0 Å². The molecule has 23 heavy (non-hydrogen) atoms. The Balaban J connectivity index is 1.36. The van der Waals surface area contributed by atoms with Crippen LogP contribution in [0.1, 0.15) is 0 Å². The number of hydrogen-bond acceptors (Lipinski definition) is 6. The fourth-order valence-electron chi connectivity index (χ4n) is 4.46. The predicted molar refractivity (Wildman–Crippen MR) is 88.0 cm³/mol. The average molecular weight is 352 g/mol. The Kier molecular flexibility index (Phi) is 3.02. The number of para-hydroxylation sites is 2. The second-order valence-corrected chi connectivity index (χ2v) is 12.1. The number of rotatable bonds is 4. The number of oxazole rings is 1. The van der Waals surface area contributed by atoms with E-state index >= 15 is 0 Å². The van der Waals surface area contributed by atoms with Gasteiger partial charge in [-0.1, -0.05) is 0 Å². The fourth-order valence-corrected chi connectivity index (χ4v) is 11.7. The molecule has 0 unspecified atom stereocenters. The van der Waals surface area contributed by atoms with Crippen LogP contribution in [-0.2, 0) is 13.3 Å². The second kappa shape index (κ2) is 4.81. The molecule has 5 rings (SSSR count). The first-order chi connectivity index (χ1) is 11.2. The van der Waals surface area contributed by atoms with Gasteiger partial charge in [0, 0.05) is 0 Å². The number of nitrogens with zero attached hydrogens (tertiary/aromatic N) is 2. The number of benzene rings is 1. The Morgan fingerprint density at radius 2 is 1.74 bits per heavy atom. The van der Waals surface area contributed by atoms with Crippen LogP contribution in [0.25, 0.3) is 11.1 Å². The van der Waals surface area contributed by atoms with Crippen molar-refractivity contribution in [1.82, 2.24) is 4.98 Å². The third-order valence-corrected chi connectivity index (χ3v) is 12.8. The summed E-state index contributed by atoms with van der Waals surface area (Å²) < 4.78 is 25.6. The number of thioether (sulfide) groups is 1. The molecule has 0 spiro atoms. The van der Waals surface area contributed by atoms with Crippen LogP contribution >= 0.6 is 11.8 Å². The molecule has 3 aliphatic heterocycles. The molecule has 4 heterocycles. The molecule has 0 amide bonds. The van der Waals surface area contributed by atoms with Crippen molar-refractivity contribution in [3.8, 4) is 0 Å². The van der Waals surface area contributed by atoms with Gasteiger partial charge in [0.1, 0.15) is 0 Å². The molecule has 0 saturated carbocycles. The van der Waals surface area contributed by atoms with E-state index in [-0.39, 0.29) is 0 Å². The molecule has 6 nitrogen and oxygen atoms in total. The van der Waals surface area contributed by atoms with Crippen molar-refractivity contribution in [3.05, 3.63) is 24.3 Å². The van der Waals surface area contributed by atoms with Crippen molar-refractivity contribution in [2.45, 2.75) is 11.3 Å². The van der Waals surface area contributed by atoms with Crippen LogP contribution in [0.3, 0.4) is 0 Å². The Bertz CT molecular complexity index is 702. The minimum atomic E-state index is -3.26. The van der Waals surface area contributed by atoms with Gasteiger partial charge < -0.3 is 0 Å².